The molecule has 0 saturated carbocycles. The Morgan fingerprint density at radius 2 is 2.14 bits per heavy atom. The van der Waals surface area contributed by atoms with Gasteiger partial charge in [-0.1, -0.05) is 12.1 Å². The molecule has 1 saturated heterocycles. The van der Waals surface area contributed by atoms with Crippen LogP contribution in [0.3, 0.4) is 0 Å². The number of nitrogens with two attached hydrogens (primary N) is 1. The first-order chi connectivity index (χ1) is 9.93. The molecule has 5 nitrogen and oxygen atoms in total. The van der Waals surface area contributed by atoms with Gasteiger partial charge in [-0.25, -0.2) is 0 Å². The summed E-state index contributed by atoms with van der Waals surface area (Å²) in [5.74, 6) is 0.784. The second-order valence-corrected chi connectivity index (χ2v) is 5.06. The number of hydrogen-bond acceptors (Lipinski definition) is 4. The van der Waals surface area contributed by atoms with Crippen LogP contribution in [0.4, 0.5) is 19.1 Å². The summed E-state index contributed by atoms with van der Waals surface area (Å²) < 4.78 is 38.1. The van der Waals surface area contributed by atoms with Crippen LogP contribution in [0.25, 0.3) is 11.4 Å². The molecule has 2 aromatic rings. The monoisotopic (exact) mass is 297 g/mol. The van der Waals surface area contributed by atoms with E-state index >= 15 is 0 Å². The predicted molar refractivity (Wildman–Crippen MR) is 71.6 cm³/mol. The molecule has 1 aliphatic rings. The van der Waals surface area contributed by atoms with Crippen LogP contribution < -0.4 is 10.6 Å². The van der Waals surface area contributed by atoms with Gasteiger partial charge in [0.25, 0.3) is 0 Å². The Kier molecular flexibility index (Phi) is 3.32. The number of benzene rings is 1. The van der Waals surface area contributed by atoms with Crippen molar-refractivity contribution in [3.05, 3.63) is 29.8 Å². The van der Waals surface area contributed by atoms with Crippen molar-refractivity contribution in [1.29, 1.82) is 0 Å². The van der Waals surface area contributed by atoms with Gasteiger partial charge in [0.1, 0.15) is 0 Å². The average molecular weight is 297 g/mol. The largest absolute Gasteiger partial charge is 0.416 e. The lowest BCUT2D eigenvalue weighted by molar-refractivity contribution is -0.137. The topological polar surface area (TPSA) is 70.8 Å². The quantitative estimate of drug-likeness (QED) is 0.889. The molecule has 8 heteroatoms. The summed E-state index contributed by atoms with van der Waals surface area (Å²) >= 11 is 0. The normalized spacial score (nSPS) is 19.2. The molecule has 3 N–H and O–H groups in total. The van der Waals surface area contributed by atoms with Gasteiger partial charge in [0.15, 0.2) is 5.82 Å². The molecule has 0 amide bonds. The second-order valence-electron chi connectivity index (χ2n) is 5.06. The number of aromatic amines is 1. The first-order valence-corrected chi connectivity index (χ1v) is 6.54. The highest BCUT2D eigenvalue weighted by Crippen LogP contribution is 2.31. The third-order valence-electron chi connectivity index (χ3n) is 3.44. The van der Waals surface area contributed by atoms with Crippen LogP contribution in [0, 0.1) is 0 Å². The van der Waals surface area contributed by atoms with E-state index in [1.54, 1.807) is 6.07 Å². The fraction of sp³-hybridized carbons (Fsp3) is 0.385. The molecule has 1 atom stereocenters. The Hall–Kier alpha value is -2.09. The van der Waals surface area contributed by atoms with E-state index in [2.05, 4.69) is 15.2 Å². The lowest BCUT2D eigenvalue weighted by Gasteiger charge is -2.11. The van der Waals surface area contributed by atoms with Gasteiger partial charge in [0, 0.05) is 24.7 Å². The zero-order chi connectivity index (χ0) is 15.0. The Labute approximate surface area is 119 Å². The Bertz CT molecular complexity index is 637. The number of hydrogen-bond donors (Lipinski definition) is 2. The van der Waals surface area contributed by atoms with Gasteiger partial charge in [-0.05, 0) is 18.6 Å². The van der Waals surface area contributed by atoms with Gasteiger partial charge in [-0.3, -0.25) is 5.10 Å². The van der Waals surface area contributed by atoms with Crippen LogP contribution in [0.1, 0.15) is 12.0 Å². The van der Waals surface area contributed by atoms with Gasteiger partial charge < -0.3 is 10.6 Å². The SMILES string of the molecule is NC1CCN(c2n[nH]c(-c3cccc(C(F)(F)F)c3)n2)C1. The van der Waals surface area contributed by atoms with E-state index < -0.39 is 11.7 Å². The highest BCUT2D eigenvalue weighted by Gasteiger charge is 2.30. The van der Waals surface area contributed by atoms with Crippen LogP contribution in [0.15, 0.2) is 24.3 Å². The molecule has 1 aromatic carbocycles. The molecular weight excluding hydrogens is 283 g/mol. The molecule has 2 heterocycles. The molecule has 1 unspecified atom stereocenters. The van der Waals surface area contributed by atoms with Crippen molar-refractivity contribution in [3.63, 3.8) is 0 Å². The number of nitrogens with one attached hydrogen (secondary N) is 1. The molecule has 1 fully saturated rings. The minimum absolute atomic E-state index is 0.0838. The molecule has 1 aliphatic heterocycles. The van der Waals surface area contributed by atoms with Crippen molar-refractivity contribution >= 4 is 5.95 Å². The van der Waals surface area contributed by atoms with Crippen LogP contribution in [0.5, 0.6) is 0 Å². The van der Waals surface area contributed by atoms with Gasteiger partial charge in [-0.2, -0.15) is 18.2 Å². The number of aromatic nitrogens is 3. The standard InChI is InChI=1S/C13H14F3N5/c14-13(15,16)9-3-1-2-8(6-9)11-18-12(20-19-11)21-5-4-10(17)7-21/h1-3,6,10H,4-5,7,17H2,(H,18,19,20). The molecule has 21 heavy (non-hydrogen) atoms. The number of alkyl halides is 3. The summed E-state index contributed by atoms with van der Waals surface area (Å²) in [4.78, 5) is 6.17. The Morgan fingerprint density at radius 3 is 2.81 bits per heavy atom. The van der Waals surface area contributed by atoms with E-state index in [-0.39, 0.29) is 6.04 Å². The second kappa shape index (κ2) is 5.03. The fourth-order valence-electron chi connectivity index (χ4n) is 2.34. The molecular formula is C13H14F3N5. The zero-order valence-electron chi connectivity index (χ0n) is 11.1. The number of rotatable bonds is 2. The Morgan fingerprint density at radius 1 is 1.33 bits per heavy atom. The summed E-state index contributed by atoms with van der Waals surface area (Å²) in [6, 6.07) is 5.09. The maximum absolute atomic E-state index is 12.7. The van der Waals surface area contributed by atoms with E-state index in [0.29, 0.717) is 23.9 Å². The molecule has 112 valence electrons. The summed E-state index contributed by atoms with van der Waals surface area (Å²) in [6.07, 6.45) is -3.52. The summed E-state index contributed by atoms with van der Waals surface area (Å²) in [7, 11) is 0. The highest BCUT2D eigenvalue weighted by molar-refractivity contribution is 5.58. The third kappa shape index (κ3) is 2.85. The molecule has 0 radical (unpaired) electrons. The number of H-pyrrole nitrogens is 1. The van der Waals surface area contributed by atoms with Crippen LogP contribution in [0.2, 0.25) is 0 Å². The zero-order valence-corrected chi connectivity index (χ0v) is 11.1. The van der Waals surface area contributed by atoms with Crippen LogP contribution in [-0.4, -0.2) is 34.3 Å². The van der Waals surface area contributed by atoms with Gasteiger partial charge in [0.2, 0.25) is 5.95 Å². The van der Waals surface area contributed by atoms with Crippen molar-refractivity contribution in [2.24, 2.45) is 5.73 Å². The number of nitrogens with zero attached hydrogens (tertiary/aromatic N) is 3. The summed E-state index contributed by atoms with van der Waals surface area (Å²) in [6.45, 7) is 1.40. The smallest absolute Gasteiger partial charge is 0.338 e. The van der Waals surface area contributed by atoms with E-state index in [4.69, 9.17) is 5.73 Å². The highest BCUT2D eigenvalue weighted by atomic mass is 19.4. The molecule has 3 rings (SSSR count). The molecule has 0 spiro atoms. The Balaban J connectivity index is 1.86. The first kappa shape index (κ1) is 13.9. The van der Waals surface area contributed by atoms with Crippen molar-refractivity contribution in [1.82, 2.24) is 15.2 Å². The van der Waals surface area contributed by atoms with E-state index in [9.17, 15) is 13.2 Å². The van der Waals surface area contributed by atoms with Crippen LogP contribution >= 0.6 is 0 Å². The minimum Gasteiger partial charge on any atom is -0.338 e. The van der Waals surface area contributed by atoms with E-state index in [1.165, 1.54) is 6.07 Å². The lowest BCUT2D eigenvalue weighted by atomic mass is 10.1. The lowest BCUT2D eigenvalue weighted by Crippen LogP contribution is -2.26. The van der Waals surface area contributed by atoms with Crippen molar-refractivity contribution in [2.45, 2.75) is 18.6 Å². The molecule has 0 bridgehead atoms. The van der Waals surface area contributed by atoms with Crippen molar-refractivity contribution in [2.75, 3.05) is 18.0 Å². The van der Waals surface area contributed by atoms with Crippen molar-refractivity contribution < 1.29 is 13.2 Å². The number of halogens is 3. The van der Waals surface area contributed by atoms with Gasteiger partial charge >= 0.3 is 6.18 Å². The summed E-state index contributed by atoms with van der Waals surface area (Å²) in [5.41, 5.74) is 5.46. The number of anilines is 1. The first-order valence-electron chi connectivity index (χ1n) is 6.54. The fourth-order valence-corrected chi connectivity index (χ4v) is 2.34. The summed E-state index contributed by atoms with van der Waals surface area (Å²) in [5, 5.41) is 6.74. The average Bonchev–Trinajstić information content (AvgIpc) is 3.06. The molecule has 1 aromatic heterocycles. The van der Waals surface area contributed by atoms with Crippen molar-refractivity contribution in [3.8, 4) is 11.4 Å². The minimum atomic E-state index is -4.37. The maximum atomic E-state index is 12.7. The van der Waals surface area contributed by atoms with Gasteiger partial charge in [0.05, 0.1) is 5.56 Å². The predicted octanol–water partition coefficient (Wildman–Crippen LogP) is 2.03. The van der Waals surface area contributed by atoms with Crippen LogP contribution in [-0.2, 0) is 6.18 Å². The molecule has 0 aliphatic carbocycles. The van der Waals surface area contributed by atoms with E-state index in [1.807, 2.05) is 4.90 Å². The van der Waals surface area contributed by atoms with Gasteiger partial charge in [-0.15, -0.1) is 5.10 Å². The third-order valence-corrected chi connectivity index (χ3v) is 3.44. The maximum Gasteiger partial charge on any atom is 0.416 e. The van der Waals surface area contributed by atoms with E-state index in [0.717, 1.165) is 25.1 Å².